The van der Waals surface area contributed by atoms with E-state index in [1.54, 1.807) is 47.0 Å². The number of benzene rings is 2. The molecule has 1 aromatic heterocycles. The highest BCUT2D eigenvalue weighted by Crippen LogP contribution is 2.27. The third-order valence-corrected chi connectivity index (χ3v) is 5.35. The summed E-state index contributed by atoms with van der Waals surface area (Å²) in [6.07, 6.45) is 3.81. The average molecular weight is 433 g/mol. The molecule has 0 aliphatic carbocycles. The van der Waals surface area contributed by atoms with E-state index in [1.807, 2.05) is 0 Å². The Morgan fingerprint density at radius 1 is 1.22 bits per heavy atom. The number of nitrogens with one attached hydrogen (secondary N) is 1. The Bertz CT molecular complexity index is 1260. The molecule has 0 saturated carbocycles. The fraction of sp³-hybridized carbons (Fsp3) is 0.250. The summed E-state index contributed by atoms with van der Waals surface area (Å²) in [5.41, 5.74) is 2.13. The molecule has 8 nitrogen and oxygen atoms in total. The number of fused-ring (bicyclic) bond motifs is 2. The topological polar surface area (TPSA) is 99.5 Å². The molecule has 2 aromatic carbocycles. The molecular weight excluding hydrogens is 410 g/mol. The number of nitrogens with zero attached hydrogens (tertiary/aromatic N) is 2. The van der Waals surface area contributed by atoms with Crippen LogP contribution >= 0.6 is 0 Å². The van der Waals surface area contributed by atoms with Crippen LogP contribution in [0.4, 0.5) is 5.69 Å². The number of hydrogen-bond acceptors (Lipinski definition) is 6. The van der Waals surface area contributed by atoms with Crippen LogP contribution in [0.2, 0.25) is 0 Å². The van der Waals surface area contributed by atoms with Gasteiger partial charge in [0, 0.05) is 24.2 Å². The average Bonchev–Trinajstić information content (AvgIpc) is 3.27. The highest BCUT2D eigenvalue weighted by Gasteiger charge is 2.20. The number of hydrogen-bond donors (Lipinski definition) is 1. The minimum atomic E-state index is -0.451. The number of allylic oxidation sites excluding steroid dienone is 1. The highest BCUT2D eigenvalue weighted by molar-refractivity contribution is 5.94. The van der Waals surface area contributed by atoms with Gasteiger partial charge in [-0.05, 0) is 49.2 Å². The molecule has 8 heteroatoms. The minimum absolute atomic E-state index is 0.0834. The van der Waals surface area contributed by atoms with Crippen molar-refractivity contribution in [1.82, 2.24) is 9.55 Å². The van der Waals surface area contributed by atoms with E-state index in [9.17, 15) is 14.4 Å². The molecule has 164 valence electrons. The van der Waals surface area contributed by atoms with Gasteiger partial charge in [-0.2, -0.15) is 0 Å². The van der Waals surface area contributed by atoms with Gasteiger partial charge in [0.15, 0.2) is 6.61 Å². The Morgan fingerprint density at radius 2 is 2.00 bits per heavy atom. The lowest BCUT2D eigenvalue weighted by Crippen LogP contribution is -2.23. The van der Waals surface area contributed by atoms with E-state index >= 15 is 0 Å². The first-order valence-corrected chi connectivity index (χ1v) is 10.3. The summed E-state index contributed by atoms with van der Waals surface area (Å²) in [7, 11) is 1.31. The number of anilines is 1. The van der Waals surface area contributed by atoms with Gasteiger partial charge in [0.25, 0.3) is 11.5 Å². The lowest BCUT2D eigenvalue weighted by atomic mass is 10.0. The Kier molecular flexibility index (Phi) is 6.02. The quantitative estimate of drug-likeness (QED) is 0.454. The van der Waals surface area contributed by atoms with E-state index in [0.29, 0.717) is 46.4 Å². The van der Waals surface area contributed by atoms with Crippen LogP contribution in [0.3, 0.4) is 0 Å². The second-order valence-electron chi connectivity index (χ2n) is 7.42. The zero-order valence-electron chi connectivity index (χ0n) is 17.7. The first-order valence-electron chi connectivity index (χ1n) is 10.3. The predicted octanol–water partition coefficient (Wildman–Crippen LogP) is 2.88. The van der Waals surface area contributed by atoms with Gasteiger partial charge in [-0.3, -0.25) is 14.2 Å². The SMILES string of the molecule is C=CCc1c(OCC(=O)Nc2ccc(C(=O)OC)cc2)ccc2nc3n(c(=O)c12)CCC3. The molecule has 0 saturated heterocycles. The molecule has 0 unspecified atom stereocenters. The van der Waals surface area contributed by atoms with Crippen molar-refractivity contribution in [2.75, 3.05) is 19.0 Å². The van der Waals surface area contributed by atoms with E-state index in [4.69, 9.17) is 4.74 Å². The van der Waals surface area contributed by atoms with E-state index in [-0.39, 0.29) is 18.1 Å². The summed E-state index contributed by atoms with van der Waals surface area (Å²) in [5.74, 6) is 0.432. The van der Waals surface area contributed by atoms with Gasteiger partial charge >= 0.3 is 5.97 Å². The molecular formula is C24H23N3O5. The van der Waals surface area contributed by atoms with Gasteiger partial charge in [-0.15, -0.1) is 6.58 Å². The maximum atomic E-state index is 13.1. The Balaban J connectivity index is 1.53. The third-order valence-electron chi connectivity index (χ3n) is 5.35. The van der Waals surface area contributed by atoms with Crippen molar-refractivity contribution in [1.29, 1.82) is 0 Å². The molecule has 4 rings (SSSR count). The minimum Gasteiger partial charge on any atom is -0.483 e. The van der Waals surface area contributed by atoms with Crippen LogP contribution in [-0.4, -0.2) is 35.1 Å². The molecule has 0 atom stereocenters. The van der Waals surface area contributed by atoms with E-state index < -0.39 is 5.97 Å². The first kappa shape index (κ1) is 21.3. The third kappa shape index (κ3) is 4.12. The fourth-order valence-corrected chi connectivity index (χ4v) is 3.85. The van der Waals surface area contributed by atoms with Crippen molar-refractivity contribution in [2.24, 2.45) is 0 Å². The number of methoxy groups -OCH3 is 1. The molecule has 0 fully saturated rings. The van der Waals surface area contributed by atoms with Crippen molar-refractivity contribution in [3.05, 3.63) is 76.4 Å². The van der Waals surface area contributed by atoms with E-state index in [2.05, 4.69) is 21.6 Å². The van der Waals surface area contributed by atoms with Crippen LogP contribution in [0.5, 0.6) is 5.75 Å². The lowest BCUT2D eigenvalue weighted by molar-refractivity contribution is -0.118. The van der Waals surface area contributed by atoms with E-state index in [1.165, 1.54) is 7.11 Å². The van der Waals surface area contributed by atoms with Crippen LogP contribution in [0, 0.1) is 0 Å². The van der Waals surface area contributed by atoms with Crippen LogP contribution in [0.1, 0.15) is 28.2 Å². The normalized spacial score (nSPS) is 12.3. The Hall–Kier alpha value is -3.94. The smallest absolute Gasteiger partial charge is 0.337 e. The van der Waals surface area contributed by atoms with Crippen LogP contribution in [0.25, 0.3) is 10.9 Å². The second kappa shape index (κ2) is 9.05. The highest BCUT2D eigenvalue weighted by atomic mass is 16.5. The Morgan fingerprint density at radius 3 is 2.72 bits per heavy atom. The molecule has 0 bridgehead atoms. The summed E-state index contributed by atoms with van der Waals surface area (Å²) in [6, 6.07) is 9.83. The van der Waals surface area contributed by atoms with E-state index in [0.717, 1.165) is 18.7 Å². The van der Waals surface area contributed by atoms with Crippen molar-refractivity contribution < 1.29 is 19.1 Å². The monoisotopic (exact) mass is 433 g/mol. The summed E-state index contributed by atoms with van der Waals surface area (Å²) in [5, 5.41) is 3.22. The zero-order valence-corrected chi connectivity index (χ0v) is 17.7. The maximum absolute atomic E-state index is 13.1. The van der Waals surface area contributed by atoms with Gasteiger partial charge in [0.1, 0.15) is 11.6 Å². The molecule has 1 aliphatic heterocycles. The van der Waals surface area contributed by atoms with Gasteiger partial charge in [-0.25, -0.2) is 9.78 Å². The Labute approximate surface area is 184 Å². The number of amides is 1. The first-order chi connectivity index (χ1) is 15.5. The molecule has 32 heavy (non-hydrogen) atoms. The summed E-state index contributed by atoms with van der Waals surface area (Å²) in [6.45, 7) is 4.20. The van der Waals surface area contributed by atoms with Gasteiger partial charge < -0.3 is 14.8 Å². The second-order valence-corrected chi connectivity index (χ2v) is 7.42. The number of carbonyl (C=O) groups excluding carboxylic acids is 2. The molecule has 1 aliphatic rings. The fourth-order valence-electron chi connectivity index (χ4n) is 3.85. The summed E-state index contributed by atoms with van der Waals surface area (Å²) in [4.78, 5) is 41.6. The standard InChI is InChI=1S/C24H23N3O5/c1-3-5-17-19(12-11-18-22(17)23(29)27-13-4-6-20(27)26-18)32-14-21(28)25-16-9-7-15(8-10-16)24(30)31-2/h3,7-12H,1,4-6,13-14H2,2H3,(H,25,28). The number of ether oxygens (including phenoxy) is 2. The van der Waals surface area contributed by atoms with Crippen molar-refractivity contribution in [3.8, 4) is 5.75 Å². The summed E-state index contributed by atoms with van der Waals surface area (Å²) >= 11 is 0. The predicted molar refractivity (Wildman–Crippen MR) is 120 cm³/mol. The molecule has 3 aromatic rings. The van der Waals surface area contributed by atoms with Gasteiger partial charge in [0.05, 0.1) is 23.6 Å². The number of aromatic nitrogens is 2. The number of carbonyl (C=O) groups is 2. The number of esters is 1. The number of aryl methyl sites for hydroxylation is 1. The van der Waals surface area contributed by atoms with Gasteiger partial charge in [-0.1, -0.05) is 6.08 Å². The van der Waals surface area contributed by atoms with Crippen molar-refractivity contribution >= 4 is 28.5 Å². The van der Waals surface area contributed by atoms with Crippen LogP contribution in [-0.2, 0) is 28.9 Å². The molecule has 1 amide bonds. The van der Waals surface area contributed by atoms with Gasteiger partial charge in [0.2, 0.25) is 0 Å². The zero-order chi connectivity index (χ0) is 22.7. The molecule has 0 radical (unpaired) electrons. The van der Waals surface area contributed by atoms with Crippen LogP contribution in [0.15, 0.2) is 53.8 Å². The van der Waals surface area contributed by atoms with Crippen LogP contribution < -0.4 is 15.6 Å². The van der Waals surface area contributed by atoms with Crippen molar-refractivity contribution in [3.63, 3.8) is 0 Å². The lowest BCUT2D eigenvalue weighted by Gasteiger charge is -2.14. The molecule has 2 heterocycles. The molecule has 0 spiro atoms. The maximum Gasteiger partial charge on any atom is 0.337 e. The van der Waals surface area contributed by atoms with Crippen molar-refractivity contribution in [2.45, 2.75) is 25.8 Å². The molecule has 1 N–H and O–H groups in total. The largest absolute Gasteiger partial charge is 0.483 e. The number of rotatable bonds is 7. The summed E-state index contributed by atoms with van der Waals surface area (Å²) < 4.78 is 12.1.